The number of aliphatic hydroxyl groups is 1. The normalized spacial score (nSPS) is 29.3. The number of benzene rings is 1. The minimum absolute atomic E-state index is 0.0279. The summed E-state index contributed by atoms with van der Waals surface area (Å²) in [6.45, 7) is 12.6. The molecule has 0 bridgehead atoms. The van der Waals surface area contributed by atoms with E-state index in [0.29, 0.717) is 38.3 Å². The van der Waals surface area contributed by atoms with Crippen LogP contribution in [0.4, 0.5) is 0 Å². The van der Waals surface area contributed by atoms with Gasteiger partial charge in [-0.25, -0.2) is 5.43 Å². The lowest BCUT2D eigenvalue weighted by atomic mass is 9.87. The number of hydrogen-bond acceptors (Lipinski definition) is 11. The van der Waals surface area contributed by atoms with Crippen molar-refractivity contribution in [2.24, 2.45) is 16.8 Å². The number of aliphatic hydroxyl groups excluding tert-OH is 1. The van der Waals surface area contributed by atoms with E-state index in [1.807, 2.05) is 57.2 Å². The number of rotatable bonds is 18. The highest BCUT2D eigenvalue weighted by molar-refractivity contribution is 5.99. The summed E-state index contributed by atoms with van der Waals surface area (Å²) in [5.41, 5.74) is 9.98. The van der Waals surface area contributed by atoms with Crippen molar-refractivity contribution in [2.75, 3.05) is 19.8 Å². The number of nitrogens with one attached hydrogen (secondary N) is 2. The number of ether oxygens (including phenoxy) is 5. The number of nitrogens with two attached hydrogens (primary N) is 1. The molecule has 13 heteroatoms. The zero-order valence-corrected chi connectivity index (χ0v) is 32.6. The highest BCUT2D eigenvalue weighted by atomic mass is 16.6. The molecule has 3 fully saturated rings. The maximum Gasteiger partial charge on any atom is 0.303 e. The minimum atomic E-state index is -0.853. The Labute approximate surface area is 319 Å². The maximum absolute atomic E-state index is 12.9. The first-order valence-electron chi connectivity index (χ1n) is 19.2. The Morgan fingerprint density at radius 3 is 2.52 bits per heavy atom. The van der Waals surface area contributed by atoms with Crippen LogP contribution in [-0.2, 0) is 33.3 Å². The molecule has 2 amide bonds. The number of epoxide rings is 1. The van der Waals surface area contributed by atoms with Gasteiger partial charge in [-0.3, -0.25) is 14.4 Å². The molecule has 5 N–H and O–H groups in total. The van der Waals surface area contributed by atoms with Gasteiger partial charge in [0, 0.05) is 19.4 Å². The summed E-state index contributed by atoms with van der Waals surface area (Å²) in [5, 5.41) is 18.4. The van der Waals surface area contributed by atoms with Gasteiger partial charge in [-0.1, -0.05) is 30.7 Å². The Kier molecular flexibility index (Phi) is 16.4. The molecule has 1 aromatic carbocycles. The second kappa shape index (κ2) is 20.7. The average Bonchev–Trinajstić information content (AvgIpc) is 3.91. The fourth-order valence-corrected chi connectivity index (χ4v) is 6.76. The van der Waals surface area contributed by atoms with Crippen molar-refractivity contribution in [2.45, 2.75) is 135 Å². The fraction of sp³-hybridized carbons (Fsp3) is 0.610. The van der Waals surface area contributed by atoms with Gasteiger partial charge in [0.15, 0.2) is 0 Å². The zero-order chi connectivity index (χ0) is 39.3. The molecule has 298 valence electrons. The molecule has 3 aliphatic heterocycles. The smallest absolute Gasteiger partial charge is 0.303 e. The van der Waals surface area contributed by atoms with Crippen LogP contribution >= 0.6 is 0 Å². The standard InChI is InChI=1S/C41H60N4O9/c1-26(10-17-36-27(2)22-35(30(5)53-36)43-38(47)19-12-28(3)52-31(6)46)11-18-37-40(49)41(25-51-41)24-34(54-37)23-39(48)45-44-29(4)32-13-15-33(16-14-32)50-21-9-7-8-20-42/h10-16,18-19,27-28,30,34-37,40,49H,7-9,17,20-25,42H2,1-6H3,(H,43,47)(H,45,48)/b18-11+,19-12-,26-10+,44-29?/t27-,28-,30+,34+,35+,36-,37+,40+,41+/m0/s1. The molecule has 4 rings (SSSR count). The summed E-state index contributed by atoms with van der Waals surface area (Å²) in [4.78, 5) is 36.5. The third-order valence-corrected chi connectivity index (χ3v) is 10.1. The highest BCUT2D eigenvalue weighted by Crippen LogP contribution is 2.43. The predicted octanol–water partition coefficient (Wildman–Crippen LogP) is 4.41. The van der Waals surface area contributed by atoms with Crippen molar-refractivity contribution in [3.8, 4) is 5.75 Å². The molecule has 3 saturated heterocycles. The quantitative estimate of drug-likeness (QED) is 0.0319. The molecule has 1 aromatic rings. The third kappa shape index (κ3) is 13.5. The second-order valence-electron chi connectivity index (χ2n) is 14.8. The fourth-order valence-electron chi connectivity index (χ4n) is 6.76. The van der Waals surface area contributed by atoms with Crippen LogP contribution in [0, 0.1) is 5.92 Å². The van der Waals surface area contributed by atoms with Gasteiger partial charge in [-0.15, -0.1) is 0 Å². The number of hydrazone groups is 1. The van der Waals surface area contributed by atoms with Gasteiger partial charge >= 0.3 is 5.97 Å². The SMILES string of the molecule is CC(=O)O[C@@H](C)/C=C\C(=O)N[C@@H]1C[C@H](C)[C@H](C/C=C(C)/C=C/[C@H]2O[C@H](CC(=O)NN=C(C)c3ccc(OCCCCCN)cc3)C[C@@]3(CO3)[C@@H]2O)O[C@@H]1C. The summed E-state index contributed by atoms with van der Waals surface area (Å²) in [5.74, 6) is 0.0319. The van der Waals surface area contributed by atoms with E-state index < -0.39 is 36.0 Å². The third-order valence-electron chi connectivity index (χ3n) is 10.1. The molecule has 3 heterocycles. The molecule has 0 aromatic heterocycles. The Hall–Kier alpha value is -3.88. The van der Waals surface area contributed by atoms with E-state index in [1.165, 1.54) is 13.0 Å². The Bertz CT molecular complexity index is 1520. The number of esters is 1. The van der Waals surface area contributed by atoms with Gasteiger partial charge in [0.2, 0.25) is 11.8 Å². The molecule has 54 heavy (non-hydrogen) atoms. The van der Waals surface area contributed by atoms with Gasteiger partial charge in [-0.05, 0) is 108 Å². The molecule has 3 aliphatic rings. The van der Waals surface area contributed by atoms with E-state index in [0.717, 1.165) is 42.6 Å². The number of allylic oxidation sites excluding steroid dienone is 2. The van der Waals surface area contributed by atoms with Crippen LogP contribution < -0.4 is 21.2 Å². The van der Waals surface area contributed by atoms with E-state index in [4.69, 9.17) is 29.4 Å². The lowest BCUT2D eigenvalue weighted by Gasteiger charge is -2.39. The Morgan fingerprint density at radius 1 is 1.09 bits per heavy atom. The first-order chi connectivity index (χ1) is 25.8. The van der Waals surface area contributed by atoms with Gasteiger partial charge in [0.1, 0.15) is 29.7 Å². The molecule has 0 unspecified atom stereocenters. The van der Waals surface area contributed by atoms with Gasteiger partial charge in [0.25, 0.3) is 0 Å². The van der Waals surface area contributed by atoms with Crippen LogP contribution in [0.3, 0.4) is 0 Å². The second-order valence-corrected chi connectivity index (χ2v) is 14.8. The number of unbranched alkanes of at least 4 members (excludes halogenated alkanes) is 2. The summed E-state index contributed by atoms with van der Waals surface area (Å²) in [6, 6.07) is 7.46. The molecule has 1 spiro atoms. The first kappa shape index (κ1) is 42.9. The number of hydrogen-bond donors (Lipinski definition) is 4. The van der Waals surface area contributed by atoms with Crippen molar-refractivity contribution >= 4 is 23.5 Å². The van der Waals surface area contributed by atoms with Gasteiger partial charge < -0.3 is 39.8 Å². The Morgan fingerprint density at radius 2 is 1.83 bits per heavy atom. The lowest BCUT2D eigenvalue weighted by molar-refractivity contribution is -0.145. The lowest BCUT2D eigenvalue weighted by Crippen LogP contribution is -2.50. The van der Waals surface area contributed by atoms with E-state index >= 15 is 0 Å². The van der Waals surface area contributed by atoms with Crippen LogP contribution in [0.25, 0.3) is 0 Å². The highest BCUT2D eigenvalue weighted by Gasteiger charge is 2.58. The number of carbonyl (C=O) groups excluding carboxylic acids is 3. The van der Waals surface area contributed by atoms with Crippen molar-refractivity contribution in [3.63, 3.8) is 0 Å². The molecule has 9 atom stereocenters. The van der Waals surface area contributed by atoms with Gasteiger partial charge in [0.05, 0.1) is 49.7 Å². The van der Waals surface area contributed by atoms with Crippen molar-refractivity contribution in [3.05, 3.63) is 65.8 Å². The largest absolute Gasteiger partial charge is 0.494 e. The van der Waals surface area contributed by atoms with Crippen LogP contribution in [0.2, 0.25) is 0 Å². The van der Waals surface area contributed by atoms with Crippen molar-refractivity contribution in [1.29, 1.82) is 0 Å². The summed E-state index contributed by atoms with van der Waals surface area (Å²) < 4.78 is 29.0. The van der Waals surface area contributed by atoms with Crippen molar-refractivity contribution < 1.29 is 43.2 Å². The average molecular weight is 753 g/mol. The van der Waals surface area contributed by atoms with Gasteiger partial charge in [-0.2, -0.15) is 5.10 Å². The molecular weight excluding hydrogens is 692 g/mol. The molecule has 0 radical (unpaired) electrons. The monoisotopic (exact) mass is 752 g/mol. The van der Waals surface area contributed by atoms with E-state index in [-0.39, 0.29) is 42.4 Å². The molecule has 0 aliphatic carbocycles. The topological polar surface area (TPSA) is 183 Å². The number of nitrogens with zero attached hydrogens (tertiary/aromatic N) is 1. The van der Waals surface area contributed by atoms with Crippen molar-refractivity contribution in [1.82, 2.24) is 10.7 Å². The predicted molar refractivity (Wildman–Crippen MR) is 206 cm³/mol. The van der Waals surface area contributed by atoms with Crippen LogP contribution in [0.1, 0.15) is 92.1 Å². The molecule has 13 nitrogen and oxygen atoms in total. The first-order valence-corrected chi connectivity index (χ1v) is 19.2. The summed E-state index contributed by atoms with van der Waals surface area (Å²) in [7, 11) is 0. The van der Waals surface area contributed by atoms with E-state index in [9.17, 15) is 19.5 Å². The van der Waals surface area contributed by atoms with Crippen LogP contribution in [0.5, 0.6) is 5.75 Å². The minimum Gasteiger partial charge on any atom is -0.494 e. The number of amides is 2. The van der Waals surface area contributed by atoms with Crippen LogP contribution in [0.15, 0.2) is 65.3 Å². The summed E-state index contributed by atoms with van der Waals surface area (Å²) in [6.07, 6.45) is 11.1. The molecular formula is C41H60N4O9. The number of carbonyl (C=O) groups is 3. The molecule has 0 saturated carbocycles. The van der Waals surface area contributed by atoms with E-state index in [2.05, 4.69) is 28.8 Å². The van der Waals surface area contributed by atoms with E-state index in [1.54, 1.807) is 13.0 Å². The maximum atomic E-state index is 12.9. The van der Waals surface area contributed by atoms with Crippen LogP contribution in [-0.4, -0.2) is 96.6 Å². The Balaban J connectivity index is 1.24. The summed E-state index contributed by atoms with van der Waals surface area (Å²) >= 11 is 0. The zero-order valence-electron chi connectivity index (χ0n) is 32.6.